The van der Waals surface area contributed by atoms with Crippen LogP contribution >= 0.6 is 11.8 Å². The molecule has 1 atom stereocenters. The number of carbonyl (C=O) groups is 2. The van der Waals surface area contributed by atoms with Crippen LogP contribution in [0.25, 0.3) is 11.0 Å². The smallest absolute Gasteiger partial charge is 0.244 e. The number of fused-ring (bicyclic) bond motifs is 1. The summed E-state index contributed by atoms with van der Waals surface area (Å²) in [6.45, 7) is 9.81. The highest BCUT2D eigenvalue weighted by atomic mass is 32.2. The maximum Gasteiger partial charge on any atom is 0.244 e. The number of thioether (sulfide) groups is 1. The number of nitrogens with one attached hydrogen (secondary N) is 1. The van der Waals surface area contributed by atoms with Crippen molar-refractivity contribution < 1.29 is 14.3 Å². The molecule has 0 aromatic carbocycles. The molecule has 0 radical (unpaired) electrons. The van der Waals surface area contributed by atoms with Crippen molar-refractivity contribution in [3.63, 3.8) is 0 Å². The molecule has 3 heterocycles. The molecule has 0 spiro atoms. The number of rotatable bonds is 5. The largest absolute Gasteiger partial charge is 0.479 e. The number of ether oxygens (including phenoxy) is 1. The summed E-state index contributed by atoms with van der Waals surface area (Å²) in [5, 5.41) is 8.25. The summed E-state index contributed by atoms with van der Waals surface area (Å²) >= 11 is 1.61. The molecule has 1 aliphatic heterocycles. The van der Waals surface area contributed by atoms with Crippen LogP contribution in [0, 0.1) is 13.8 Å². The number of carbonyl (C=O) groups excluding carboxylic acids is 2. The topological polar surface area (TPSA) is 89.3 Å². The van der Waals surface area contributed by atoms with E-state index in [4.69, 9.17) is 9.72 Å². The van der Waals surface area contributed by atoms with E-state index >= 15 is 0 Å². The average molecular weight is 434 g/mol. The van der Waals surface area contributed by atoms with Crippen LogP contribution in [-0.2, 0) is 23.1 Å². The average Bonchev–Trinajstić information content (AvgIpc) is 3.25. The minimum atomic E-state index is -0.414. The van der Waals surface area contributed by atoms with Gasteiger partial charge in [-0.05, 0) is 52.2 Å². The number of methoxy groups -OCH3 is 1. The fraction of sp³-hybridized carbons (Fsp3) is 0.619. The van der Waals surface area contributed by atoms with E-state index in [1.54, 1.807) is 28.5 Å². The van der Waals surface area contributed by atoms with Crippen molar-refractivity contribution in [3.05, 3.63) is 16.8 Å². The quantitative estimate of drug-likeness (QED) is 0.779. The van der Waals surface area contributed by atoms with Gasteiger partial charge in [0, 0.05) is 30.5 Å². The third kappa shape index (κ3) is 4.40. The van der Waals surface area contributed by atoms with Crippen LogP contribution in [0.15, 0.2) is 0 Å². The Labute approximate surface area is 181 Å². The van der Waals surface area contributed by atoms with Gasteiger partial charge in [-0.3, -0.25) is 9.59 Å². The molecule has 0 saturated carbocycles. The van der Waals surface area contributed by atoms with Crippen LogP contribution in [0.3, 0.4) is 0 Å². The van der Waals surface area contributed by atoms with E-state index in [0.29, 0.717) is 30.4 Å². The van der Waals surface area contributed by atoms with E-state index in [2.05, 4.69) is 10.4 Å². The molecule has 9 heteroatoms. The van der Waals surface area contributed by atoms with Gasteiger partial charge in [0.2, 0.25) is 17.7 Å². The molecule has 2 amide bonds. The Morgan fingerprint density at radius 2 is 2.00 bits per heavy atom. The first-order valence-corrected chi connectivity index (χ1v) is 11.2. The summed E-state index contributed by atoms with van der Waals surface area (Å²) in [5.74, 6) is 1.63. The number of aromatic nitrogens is 3. The molecule has 2 aromatic rings. The van der Waals surface area contributed by atoms with Crippen molar-refractivity contribution in [2.24, 2.45) is 7.05 Å². The van der Waals surface area contributed by atoms with Crippen LogP contribution in [0.1, 0.15) is 44.0 Å². The molecule has 0 bridgehead atoms. The van der Waals surface area contributed by atoms with Gasteiger partial charge in [0.05, 0.1) is 18.4 Å². The van der Waals surface area contributed by atoms with E-state index in [9.17, 15) is 9.59 Å². The molecule has 1 aliphatic rings. The number of amides is 2. The number of nitrogens with zero attached hydrogens (tertiary/aromatic N) is 4. The number of hydrogen-bond acceptors (Lipinski definition) is 6. The van der Waals surface area contributed by atoms with Gasteiger partial charge < -0.3 is 15.0 Å². The number of aryl methyl sites for hydroxylation is 3. The van der Waals surface area contributed by atoms with Gasteiger partial charge in [0.1, 0.15) is 6.04 Å². The zero-order chi connectivity index (χ0) is 22.2. The third-order valence-electron chi connectivity index (χ3n) is 5.31. The summed E-state index contributed by atoms with van der Waals surface area (Å²) in [5.41, 5.74) is 3.40. The first kappa shape index (κ1) is 22.4. The lowest BCUT2D eigenvalue weighted by Gasteiger charge is -2.27. The Morgan fingerprint density at radius 1 is 1.30 bits per heavy atom. The van der Waals surface area contributed by atoms with E-state index in [1.165, 1.54) is 0 Å². The second-order valence-electron chi connectivity index (χ2n) is 8.75. The predicted octanol–water partition coefficient (Wildman–Crippen LogP) is 2.34. The highest BCUT2D eigenvalue weighted by Gasteiger charge is 2.35. The monoisotopic (exact) mass is 433 g/mol. The molecule has 3 rings (SSSR count). The fourth-order valence-corrected chi connectivity index (χ4v) is 5.02. The van der Waals surface area contributed by atoms with Gasteiger partial charge in [0.15, 0.2) is 5.65 Å². The number of hydrogen-bond donors (Lipinski definition) is 1. The SMILES string of the molecule is COc1nn(C)c2nc(C)c(CCC(=O)N3CSCC3C(=O)NC(C)(C)C)c(C)c12. The molecule has 8 nitrogen and oxygen atoms in total. The van der Waals surface area contributed by atoms with Gasteiger partial charge in [-0.2, -0.15) is 0 Å². The van der Waals surface area contributed by atoms with Crippen LogP contribution in [0.2, 0.25) is 0 Å². The summed E-state index contributed by atoms with van der Waals surface area (Å²) in [4.78, 5) is 32.0. The van der Waals surface area contributed by atoms with Gasteiger partial charge in [0.25, 0.3) is 0 Å². The molecule has 0 aliphatic carbocycles. The van der Waals surface area contributed by atoms with Gasteiger partial charge in [-0.25, -0.2) is 9.67 Å². The molecule has 164 valence electrons. The summed E-state index contributed by atoms with van der Waals surface area (Å²) in [6, 6.07) is -0.414. The molecule has 1 unspecified atom stereocenters. The Balaban J connectivity index is 1.77. The van der Waals surface area contributed by atoms with Crippen LogP contribution in [0.4, 0.5) is 0 Å². The maximum atomic E-state index is 13.0. The molecule has 2 aromatic heterocycles. The predicted molar refractivity (Wildman–Crippen MR) is 119 cm³/mol. The van der Waals surface area contributed by atoms with Crippen LogP contribution < -0.4 is 10.1 Å². The molecular weight excluding hydrogens is 402 g/mol. The summed E-state index contributed by atoms with van der Waals surface area (Å²) in [7, 11) is 3.44. The highest BCUT2D eigenvalue weighted by Crippen LogP contribution is 2.31. The summed E-state index contributed by atoms with van der Waals surface area (Å²) < 4.78 is 7.13. The van der Waals surface area contributed by atoms with E-state index in [-0.39, 0.29) is 17.4 Å². The standard InChI is InChI=1S/C21H31N5O3S/c1-12-14(13(2)22-18-17(12)20(29-7)24-25(18)6)8-9-16(27)26-11-30-10-15(26)19(28)23-21(3,4)5/h15H,8-11H2,1-7H3,(H,23,28). The lowest BCUT2D eigenvalue weighted by molar-refractivity contribution is -0.138. The van der Waals surface area contributed by atoms with Gasteiger partial charge >= 0.3 is 0 Å². The molecule has 1 N–H and O–H groups in total. The first-order chi connectivity index (χ1) is 14.0. The van der Waals surface area contributed by atoms with Crippen LogP contribution in [-0.4, -0.2) is 61.8 Å². The molecular formula is C21H31N5O3S. The van der Waals surface area contributed by atoms with Crippen molar-refractivity contribution >= 4 is 34.6 Å². The zero-order valence-corrected chi connectivity index (χ0v) is 19.6. The molecule has 30 heavy (non-hydrogen) atoms. The Hall–Kier alpha value is -2.29. The number of pyridine rings is 1. The third-order valence-corrected chi connectivity index (χ3v) is 6.32. The minimum Gasteiger partial charge on any atom is -0.479 e. The second kappa shape index (κ2) is 8.45. The highest BCUT2D eigenvalue weighted by molar-refractivity contribution is 7.99. The summed E-state index contributed by atoms with van der Waals surface area (Å²) in [6.07, 6.45) is 0.892. The lowest BCUT2D eigenvalue weighted by atomic mass is 9.99. The van der Waals surface area contributed by atoms with Crippen molar-refractivity contribution in [3.8, 4) is 5.88 Å². The normalized spacial score (nSPS) is 16.9. The van der Waals surface area contributed by atoms with Crippen molar-refractivity contribution in [2.45, 2.75) is 59.0 Å². The maximum absolute atomic E-state index is 13.0. The van der Waals surface area contributed by atoms with E-state index < -0.39 is 6.04 Å². The Morgan fingerprint density at radius 3 is 2.63 bits per heavy atom. The Bertz CT molecular complexity index is 979. The first-order valence-electron chi connectivity index (χ1n) is 10.1. The van der Waals surface area contributed by atoms with Gasteiger partial charge in [-0.1, -0.05) is 0 Å². The van der Waals surface area contributed by atoms with Gasteiger partial charge in [-0.15, -0.1) is 16.9 Å². The van der Waals surface area contributed by atoms with Crippen molar-refractivity contribution in [1.82, 2.24) is 25.0 Å². The fourth-order valence-electron chi connectivity index (χ4n) is 3.84. The minimum absolute atomic E-state index is 0.00823. The lowest BCUT2D eigenvalue weighted by Crippen LogP contribution is -2.52. The van der Waals surface area contributed by atoms with Crippen molar-refractivity contribution in [1.29, 1.82) is 0 Å². The Kier molecular flexibility index (Phi) is 6.31. The van der Waals surface area contributed by atoms with Crippen molar-refractivity contribution in [2.75, 3.05) is 18.7 Å². The van der Waals surface area contributed by atoms with Crippen LogP contribution in [0.5, 0.6) is 5.88 Å². The zero-order valence-electron chi connectivity index (χ0n) is 18.8. The van der Waals surface area contributed by atoms with E-state index in [1.807, 2.05) is 41.7 Å². The second-order valence-corrected chi connectivity index (χ2v) is 9.75. The molecule has 1 fully saturated rings. The molecule has 1 saturated heterocycles. The van der Waals surface area contributed by atoms with E-state index in [0.717, 1.165) is 27.9 Å².